The van der Waals surface area contributed by atoms with Crippen LogP contribution in [0.1, 0.15) is 53.0 Å². The fraction of sp³-hybridized carbons (Fsp3) is 0.200. The minimum Gasteiger partial charge on any atom is -0.497 e. The summed E-state index contributed by atoms with van der Waals surface area (Å²) in [5.74, 6) is 6.07. The number of rotatable bonds is 7. The van der Waals surface area contributed by atoms with Gasteiger partial charge in [-0.25, -0.2) is 19.4 Å². The van der Waals surface area contributed by atoms with E-state index in [-0.39, 0.29) is 17.4 Å². The second kappa shape index (κ2) is 14.8. The molecule has 0 amide bonds. The van der Waals surface area contributed by atoms with E-state index in [1.165, 1.54) is 45.7 Å². The Morgan fingerprint density at radius 1 is 0.846 bits per heavy atom. The molecule has 0 saturated carbocycles. The molecule has 6 rings (SSSR count). The van der Waals surface area contributed by atoms with Crippen LogP contribution in [0, 0.1) is 29.0 Å². The van der Waals surface area contributed by atoms with Gasteiger partial charge in [-0.1, -0.05) is 54.3 Å². The highest BCUT2D eigenvalue weighted by Crippen LogP contribution is 2.44. The Hall–Kier alpha value is -6.40. The van der Waals surface area contributed by atoms with Gasteiger partial charge >= 0.3 is 6.18 Å². The maximum Gasteiger partial charge on any atom is 0.425 e. The molecule has 0 fully saturated rings. The molecule has 5 aromatic rings. The van der Waals surface area contributed by atoms with Crippen LogP contribution in [0.5, 0.6) is 11.5 Å². The second-order valence-corrected chi connectivity index (χ2v) is 12.0. The van der Waals surface area contributed by atoms with E-state index in [4.69, 9.17) is 24.5 Å². The molecule has 4 aromatic carbocycles. The molecule has 1 aliphatic heterocycles. The van der Waals surface area contributed by atoms with Gasteiger partial charge in [0.1, 0.15) is 23.4 Å². The minimum atomic E-state index is -4.83. The number of hydrogen-bond donors (Lipinski definition) is 0. The Morgan fingerprint density at radius 2 is 1.44 bits per heavy atom. The summed E-state index contributed by atoms with van der Waals surface area (Å²) < 4.78 is 76.9. The fourth-order valence-corrected chi connectivity index (χ4v) is 5.91. The summed E-state index contributed by atoms with van der Waals surface area (Å²) in [5.41, 5.74) is 0.710. The molecular formula is C40H31F4N5O3. The van der Waals surface area contributed by atoms with Crippen molar-refractivity contribution >= 4 is 11.7 Å². The molecule has 0 bridgehead atoms. The average molecular weight is 706 g/mol. The van der Waals surface area contributed by atoms with Crippen LogP contribution in [-0.4, -0.2) is 42.5 Å². The molecule has 0 spiro atoms. The molecule has 1 aromatic heterocycles. The number of alkyl halides is 3. The number of halogens is 4. The largest absolute Gasteiger partial charge is 0.497 e. The monoisotopic (exact) mass is 705 g/mol. The molecule has 52 heavy (non-hydrogen) atoms. The number of aliphatic imine (C=N–C) groups is 1. The van der Waals surface area contributed by atoms with E-state index in [1.54, 1.807) is 41.3 Å². The third-order valence-electron chi connectivity index (χ3n) is 8.55. The first-order valence-electron chi connectivity index (χ1n) is 16.0. The highest BCUT2D eigenvalue weighted by Gasteiger charge is 2.52. The van der Waals surface area contributed by atoms with Crippen LogP contribution in [0.3, 0.4) is 0 Å². The molecular weight excluding hydrogens is 674 g/mol. The lowest BCUT2D eigenvalue weighted by Crippen LogP contribution is -2.50. The lowest BCUT2D eigenvalue weighted by molar-refractivity contribution is -0.208. The Kier molecular flexibility index (Phi) is 10.1. The van der Waals surface area contributed by atoms with Crippen molar-refractivity contribution in [1.82, 2.24) is 9.97 Å². The van der Waals surface area contributed by atoms with Crippen molar-refractivity contribution in [2.24, 2.45) is 4.99 Å². The van der Waals surface area contributed by atoms with Crippen LogP contribution in [0.4, 0.5) is 23.2 Å². The Bertz CT molecular complexity index is 2160. The van der Waals surface area contributed by atoms with Crippen molar-refractivity contribution in [3.8, 4) is 29.4 Å². The van der Waals surface area contributed by atoms with Crippen LogP contribution >= 0.6 is 0 Å². The molecule has 3 atom stereocenters. The first-order valence-corrected chi connectivity index (χ1v) is 16.0. The van der Waals surface area contributed by atoms with Crippen LogP contribution < -0.4 is 14.4 Å². The van der Waals surface area contributed by atoms with Gasteiger partial charge in [0.15, 0.2) is 6.10 Å². The number of aromatic nitrogens is 2. The van der Waals surface area contributed by atoms with Crippen molar-refractivity contribution < 1.29 is 31.8 Å². The van der Waals surface area contributed by atoms with E-state index in [1.807, 2.05) is 48.5 Å². The lowest BCUT2D eigenvalue weighted by Gasteiger charge is -2.42. The van der Waals surface area contributed by atoms with Crippen LogP contribution in [0.15, 0.2) is 114 Å². The van der Waals surface area contributed by atoms with E-state index < -0.39 is 36.1 Å². The number of anilines is 1. The van der Waals surface area contributed by atoms with Crippen LogP contribution in [-0.2, 0) is 10.3 Å². The molecule has 1 unspecified atom stereocenters. The Balaban J connectivity index is 1.54. The third-order valence-corrected chi connectivity index (χ3v) is 8.55. The molecule has 0 N–H and O–H groups in total. The number of nitrogens with zero attached hydrogens (tertiary/aromatic N) is 5. The highest BCUT2D eigenvalue weighted by atomic mass is 19.4. The topological polar surface area (TPSA) is 92.9 Å². The summed E-state index contributed by atoms with van der Waals surface area (Å²) in [6, 6.07) is 27.8. The zero-order valence-corrected chi connectivity index (χ0v) is 28.2. The van der Waals surface area contributed by atoms with Gasteiger partial charge in [0.25, 0.3) is 6.02 Å². The van der Waals surface area contributed by atoms with Crippen molar-refractivity contribution in [2.45, 2.75) is 37.2 Å². The molecule has 2 heterocycles. The molecule has 0 saturated heterocycles. The summed E-state index contributed by atoms with van der Waals surface area (Å²) in [6.07, 6.45) is -5.14. The van der Waals surface area contributed by atoms with Gasteiger partial charge in [0, 0.05) is 35.6 Å². The molecule has 262 valence electrons. The zero-order chi connectivity index (χ0) is 36.9. The lowest BCUT2D eigenvalue weighted by atomic mass is 9.84. The quantitative estimate of drug-likeness (QED) is 0.125. The van der Waals surface area contributed by atoms with E-state index in [0.717, 1.165) is 11.6 Å². The average Bonchev–Trinajstić information content (AvgIpc) is 3.16. The number of amidine groups is 1. The first-order chi connectivity index (χ1) is 25.0. The maximum absolute atomic E-state index is 15.8. The SMILES string of the molecule is COc1ccc(C(c2ccccc2)N(C2=N[C@](C)(c3cc(C#Cc4cnc(C#N)nc4)ccc3F)C[C@@H](C(F)(F)F)O2)c2ccc(OC)cc2)cc1. The third kappa shape index (κ3) is 7.67. The summed E-state index contributed by atoms with van der Waals surface area (Å²) >= 11 is 0. The van der Waals surface area contributed by atoms with Crippen molar-refractivity contribution in [3.05, 3.63) is 149 Å². The number of benzene rings is 4. The van der Waals surface area contributed by atoms with Gasteiger partial charge in [-0.3, -0.25) is 4.90 Å². The second-order valence-electron chi connectivity index (χ2n) is 12.0. The van der Waals surface area contributed by atoms with Crippen molar-refractivity contribution in [2.75, 3.05) is 19.1 Å². The molecule has 8 nitrogen and oxygen atoms in total. The predicted molar refractivity (Wildman–Crippen MR) is 186 cm³/mol. The number of ether oxygens (including phenoxy) is 3. The molecule has 1 aliphatic rings. The first kappa shape index (κ1) is 35.4. The fourth-order valence-electron chi connectivity index (χ4n) is 5.91. The van der Waals surface area contributed by atoms with Gasteiger partial charge in [-0.2, -0.15) is 18.4 Å². The van der Waals surface area contributed by atoms with E-state index in [2.05, 4.69) is 21.8 Å². The summed E-state index contributed by atoms with van der Waals surface area (Å²) in [6.45, 7) is 1.45. The van der Waals surface area contributed by atoms with Gasteiger partial charge in [0.05, 0.1) is 31.4 Å². The summed E-state index contributed by atoms with van der Waals surface area (Å²) in [7, 11) is 3.05. The van der Waals surface area contributed by atoms with Crippen LogP contribution in [0.2, 0.25) is 0 Å². The summed E-state index contributed by atoms with van der Waals surface area (Å²) in [5, 5.41) is 8.97. The minimum absolute atomic E-state index is 0.0277. The van der Waals surface area contributed by atoms with Gasteiger partial charge < -0.3 is 14.2 Å². The maximum atomic E-state index is 15.8. The van der Waals surface area contributed by atoms with Gasteiger partial charge in [-0.05, 0) is 72.6 Å². The predicted octanol–water partition coefficient (Wildman–Crippen LogP) is 8.12. The number of methoxy groups -OCH3 is 2. The van der Waals surface area contributed by atoms with E-state index in [9.17, 15) is 13.2 Å². The summed E-state index contributed by atoms with van der Waals surface area (Å²) in [4.78, 5) is 14.2. The van der Waals surface area contributed by atoms with E-state index in [0.29, 0.717) is 33.9 Å². The van der Waals surface area contributed by atoms with Gasteiger partial charge in [0.2, 0.25) is 5.82 Å². The zero-order valence-electron chi connectivity index (χ0n) is 28.2. The molecule has 12 heteroatoms. The van der Waals surface area contributed by atoms with Gasteiger partial charge in [-0.15, -0.1) is 0 Å². The normalized spacial score (nSPS) is 17.3. The Morgan fingerprint density at radius 3 is 2.04 bits per heavy atom. The smallest absolute Gasteiger partial charge is 0.425 e. The highest BCUT2D eigenvalue weighted by molar-refractivity contribution is 5.94. The molecule has 0 radical (unpaired) electrons. The Labute approximate surface area is 298 Å². The van der Waals surface area contributed by atoms with Crippen molar-refractivity contribution in [3.63, 3.8) is 0 Å². The van der Waals surface area contributed by atoms with E-state index >= 15 is 4.39 Å². The van der Waals surface area contributed by atoms with Crippen LogP contribution in [0.25, 0.3) is 0 Å². The number of nitriles is 1. The standard InChI is InChI=1S/C40H31F4N5O3/c1-39(33-21-26(11-20-34(33)41)9-10-27-24-46-36(23-45)47-25-27)22-35(40(42,43)44)52-38(48-39)49(30-14-18-32(51-3)19-15-30)37(28-7-5-4-6-8-28)29-12-16-31(50-2)17-13-29/h4-8,11-21,24-25,35,37H,22H2,1-3H3/t35-,37?,39-/m0/s1. The van der Waals surface area contributed by atoms with Crippen molar-refractivity contribution in [1.29, 1.82) is 5.26 Å². The molecule has 0 aliphatic carbocycles. The number of hydrogen-bond acceptors (Lipinski definition) is 8.